The van der Waals surface area contributed by atoms with Crippen LogP contribution in [0.25, 0.3) is 0 Å². The molecule has 0 radical (unpaired) electrons. The van der Waals surface area contributed by atoms with Gasteiger partial charge in [0, 0.05) is 6.04 Å². The van der Waals surface area contributed by atoms with Crippen molar-refractivity contribution in [3.63, 3.8) is 0 Å². The fourth-order valence-electron chi connectivity index (χ4n) is 0.839. The molecule has 1 rings (SSSR count). The largest absolute Gasteiger partial charge is 0.397 e. The Morgan fingerprint density at radius 1 is 1.85 bits per heavy atom. The van der Waals surface area contributed by atoms with Crippen LogP contribution >= 0.6 is 11.3 Å². The summed E-state index contributed by atoms with van der Waals surface area (Å²) >= 11 is 1.29. The van der Waals surface area contributed by atoms with Gasteiger partial charge in [0.2, 0.25) is 0 Å². The molecule has 72 valence electrons. The maximum absolute atomic E-state index is 11.4. The molecule has 0 saturated carbocycles. The van der Waals surface area contributed by atoms with Crippen LogP contribution in [0.1, 0.15) is 16.6 Å². The Labute approximate surface area is 80.4 Å². The van der Waals surface area contributed by atoms with Crippen LogP contribution in [0.5, 0.6) is 0 Å². The molecule has 0 bridgehead atoms. The van der Waals surface area contributed by atoms with E-state index in [1.54, 1.807) is 18.4 Å². The number of aliphatic hydroxyl groups excluding tert-OH is 1. The van der Waals surface area contributed by atoms with Gasteiger partial charge in [-0.25, -0.2) is 0 Å². The minimum absolute atomic E-state index is 0.0724. The van der Waals surface area contributed by atoms with Crippen LogP contribution < -0.4 is 11.1 Å². The third-order valence-corrected chi connectivity index (χ3v) is 2.48. The molecule has 0 fully saturated rings. The third-order valence-electron chi connectivity index (χ3n) is 1.55. The van der Waals surface area contributed by atoms with Gasteiger partial charge >= 0.3 is 0 Å². The topological polar surface area (TPSA) is 75.3 Å². The van der Waals surface area contributed by atoms with Crippen molar-refractivity contribution in [1.82, 2.24) is 5.32 Å². The quantitative estimate of drug-likeness (QED) is 0.662. The average molecular weight is 200 g/mol. The number of amides is 1. The van der Waals surface area contributed by atoms with E-state index in [1.165, 1.54) is 11.3 Å². The summed E-state index contributed by atoms with van der Waals surface area (Å²) < 4.78 is 0. The van der Waals surface area contributed by atoms with Crippen LogP contribution in [0.4, 0.5) is 5.69 Å². The Kier molecular flexibility index (Phi) is 3.27. The van der Waals surface area contributed by atoms with Gasteiger partial charge in [-0.3, -0.25) is 4.79 Å². The van der Waals surface area contributed by atoms with E-state index in [1.807, 2.05) is 0 Å². The molecule has 4 nitrogen and oxygen atoms in total. The predicted molar refractivity (Wildman–Crippen MR) is 52.7 cm³/mol. The lowest BCUT2D eigenvalue weighted by Crippen LogP contribution is -2.34. The first-order valence-corrected chi connectivity index (χ1v) is 4.77. The SMILES string of the molecule is CC(CO)NC(=O)c1sccc1N. The van der Waals surface area contributed by atoms with Gasteiger partial charge in [0.25, 0.3) is 5.91 Å². The third kappa shape index (κ3) is 2.43. The van der Waals surface area contributed by atoms with E-state index in [9.17, 15) is 4.79 Å². The smallest absolute Gasteiger partial charge is 0.263 e. The molecule has 5 heteroatoms. The second-order valence-electron chi connectivity index (χ2n) is 2.76. The normalized spacial score (nSPS) is 12.5. The summed E-state index contributed by atoms with van der Waals surface area (Å²) in [5.41, 5.74) is 6.03. The fourth-order valence-corrected chi connectivity index (χ4v) is 1.56. The first-order valence-electron chi connectivity index (χ1n) is 3.90. The number of anilines is 1. The van der Waals surface area contributed by atoms with Gasteiger partial charge in [0.15, 0.2) is 0 Å². The highest BCUT2D eigenvalue weighted by Gasteiger charge is 2.12. The van der Waals surface area contributed by atoms with Gasteiger partial charge in [0.05, 0.1) is 12.3 Å². The molecule has 1 heterocycles. The standard InChI is InChI=1S/C8H12N2O2S/c1-5(4-11)10-8(12)7-6(9)2-3-13-7/h2-3,5,11H,4,9H2,1H3,(H,10,12). The van der Waals surface area contributed by atoms with Crippen LogP contribution in [0.15, 0.2) is 11.4 Å². The number of nitrogens with two attached hydrogens (primary N) is 1. The highest BCUT2D eigenvalue weighted by atomic mass is 32.1. The van der Waals surface area contributed by atoms with E-state index < -0.39 is 0 Å². The Morgan fingerprint density at radius 2 is 2.54 bits per heavy atom. The molecule has 0 aliphatic heterocycles. The molecule has 1 unspecified atom stereocenters. The van der Waals surface area contributed by atoms with E-state index in [0.717, 1.165) is 0 Å². The summed E-state index contributed by atoms with van der Waals surface area (Å²) in [6, 6.07) is 1.44. The monoisotopic (exact) mass is 200 g/mol. The zero-order valence-corrected chi connectivity index (χ0v) is 8.10. The van der Waals surface area contributed by atoms with Crippen molar-refractivity contribution in [2.75, 3.05) is 12.3 Å². The van der Waals surface area contributed by atoms with E-state index in [2.05, 4.69) is 5.32 Å². The van der Waals surface area contributed by atoms with Crippen LogP contribution in [-0.2, 0) is 0 Å². The molecule has 1 amide bonds. The van der Waals surface area contributed by atoms with Crippen LogP contribution in [-0.4, -0.2) is 23.7 Å². The molecule has 0 saturated heterocycles. The zero-order chi connectivity index (χ0) is 9.84. The molecule has 1 atom stereocenters. The molecule has 13 heavy (non-hydrogen) atoms. The highest BCUT2D eigenvalue weighted by Crippen LogP contribution is 2.18. The molecular weight excluding hydrogens is 188 g/mol. The summed E-state index contributed by atoms with van der Waals surface area (Å²) in [4.78, 5) is 11.9. The summed E-state index contributed by atoms with van der Waals surface area (Å²) in [6.07, 6.45) is 0. The van der Waals surface area contributed by atoms with Gasteiger partial charge in [-0.05, 0) is 18.4 Å². The lowest BCUT2D eigenvalue weighted by Gasteiger charge is -2.09. The Balaban J connectivity index is 2.64. The van der Waals surface area contributed by atoms with Crippen LogP contribution in [0.3, 0.4) is 0 Å². The van der Waals surface area contributed by atoms with Gasteiger partial charge < -0.3 is 16.2 Å². The number of aliphatic hydroxyl groups is 1. The van der Waals surface area contributed by atoms with E-state index in [0.29, 0.717) is 10.6 Å². The van der Waals surface area contributed by atoms with E-state index in [4.69, 9.17) is 10.8 Å². The zero-order valence-electron chi connectivity index (χ0n) is 7.28. The minimum atomic E-state index is -0.242. The molecule has 4 N–H and O–H groups in total. The Morgan fingerprint density at radius 3 is 3.00 bits per heavy atom. The van der Waals surface area contributed by atoms with E-state index in [-0.39, 0.29) is 18.6 Å². The van der Waals surface area contributed by atoms with Crippen molar-refractivity contribution in [1.29, 1.82) is 0 Å². The number of thiophene rings is 1. The summed E-state index contributed by atoms with van der Waals surface area (Å²) in [5.74, 6) is -0.228. The second-order valence-corrected chi connectivity index (χ2v) is 3.68. The first kappa shape index (κ1) is 10.0. The summed E-state index contributed by atoms with van der Waals surface area (Å²) in [6.45, 7) is 1.65. The number of rotatable bonds is 3. The maximum atomic E-state index is 11.4. The lowest BCUT2D eigenvalue weighted by atomic mass is 10.3. The molecule has 1 aromatic heterocycles. The Hall–Kier alpha value is -1.07. The van der Waals surface area contributed by atoms with Crippen molar-refractivity contribution >= 4 is 22.9 Å². The summed E-state index contributed by atoms with van der Waals surface area (Å²) in [5, 5.41) is 13.1. The molecular formula is C8H12N2O2S. The van der Waals surface area contributed by atoms with Crippen molar-refractivity contribution in [2.24, 2.45) is 0 Å². The number of carbonyl (C=O) groups is 1. The molecule has 1 aromatic rings. The molecule has 0 spiro atoms. The Bertz CT molecular complexity index is 298. The predicted octanol–water partition coefficient (Wildman–Crippen LogP) is 0.441. The first-order chi connectivity index (χ1) is 6.15. The van der Waals surface area contributed by atoms with Crippen LogP contribution in [0.2, 0.25) is 0 Å². The fraction of sp³-hybridized carbons (Fsp3) is 0.375. The maximum Gasteiger partial charge on any atom is 0.263 e. The van der Waals surface area contributed by atoms with Gasteiger partial charge in [-0.2, -0.15) is 0 Å². The summed E-state index contributed by atoms with van der Waals surface area (Å²) in [7, 11) is 0. The van der Waals surface area contributed by atoms with Crippen molar-refractivity contribution < 1.29 is 9.90 Å². The lowest BCUT2D eigenvalue weighted by molar-refractivity contribution is 0.0927. The van der Waals surface area contributed by atoms with Crippen molar-refractivity contribution in [3.8, 4) is 0 Å². The van der Waals surface area contributed by atoms with Gasteiger partial charge in [-0.1, -0.05) is 0 Å². The van der Waals surface area contributed by atoms with E-state index >= 15 is 0 Å². The van der Waals surface area contributed by atoms with Crippen molar-refractivity contribution in [2.45, 2.75) is 13.0 Å². The molecule has 0 aliphatic carbocycles. The van der Waals surface area contributed by atoms with Crippen LogP contribution in [0, 0.1) is 0 Å². The number of carbonyl (C=O) groups excluding carboxylic acids is 1. The van der Waals surface area contributed by atoms with Gasteiger partial charge in [0.1, 0.15) is 4.88 Å². The highest BCUT2D eigenvalue weighted by molar-refractivity contribution is 7.12. The number of hydrogen-bond acceptors (Lipinski definition) is 4. The number of nitrogens with one attached hydrogen (secondary N) is 1. The van der Waals surface area contributed by atoms with Crippen molar-refractivity contribution in [3.05, 3.63) is 16.3 Å². The molecule has 0 aliphatic rings. The van der Waals surface area contributed by atoms with Gasteiger partial charge in [-0.15, -0.1) is 11.3 Å². The second kappa shape index (κ2) is 4.25. The average Bonchev–Trinajstić information content (AvgIpc) is 2.51. The molecule has 0 aromatic carbocycles. The number of nitrogen functional groups attached to an aromatic ring is 1. The minimum Gasteiger partial charge on any atom is -0.397 e. The number of hydrogen-bond donors (Lipinski definition) is 3.